The monoisotopic (exact) mass is 660 g/mol. The topological polar surface area (TPSA) is 44.9 Å². The molecule has 7 aromatic rings. The van der Waals surface area contributed by atoms with Crippen molar-refractivity contribution in [2.24, 2.45) is 5.41 Å². The van der Waals surface area contributed by atoms with Gasteiger partial charge in [0.1, 0.15) is 17.3 Å². The molecule has 4 aromatic carbocycles. The Morgan fingerprint density at radius 2 is 1.54 bits per heavy atom. The molecule has 254 valence electrons. The number of nitrogens with zero attached hydrogens (tertiary/aromatic N) is 4. The van der Waals surface area contributed by atoms with Crippen molar-refractivity contribution in [3.05, 3.63) is 131 Å². The van der Waals surface area contributed by atoms with Crippen LogP contribution in [0.3, 0.4) is 0 Å². The van der Waals surface area contributed by atoms with E-state index in [9.17, 15) is 0 Å². The molecular weight excluding hydrogens is 613 g/mol. The van der Waals surface area contributed by atoms with Gasteiger partial charge in [0, 0.05) is 40.4 Å². The molecule has 0 fully saturated rings. The summed E-state index contributed by atoms with van der Waals surface area (Å²) in [6.07, 6.45) is 7.58. The number of unbranched alkanes of at least 4 members (excludes halogenated alkanes) is 2. The smallest absolute Gasteiger partial charge is 0.137 e. The summed E-state index contributed by atoms with van der Waals surface area (Å²) in [5.41, 5.74) is 11.6. The van der Waals surface area contributed by atoms with E-state index in [1.165, 1.54) is 57.9 Å². The van der Waals surface area contributed by atoms with Crippen LogP contribution in [0.2, 0.25) is 0 Å². The Morgan fingerprint density at radius 3 is 2.30 bits per heavy atom. The molecule has 0 saturated heterocycles. The number of fused-ring (bicyclic) bond motifs is 3. The average molecular weight is 661 g/mol. The number of hydrogen-bond acceptors (Lipinski definition) is 3. The van der Waals surface area contributed by atoms with Crippen LogP contribution in [0.4, 0.5) is 0 Å². The molecule has 3 heterocycles. The van der Waals surface area contributed by atoms with E-state index in [1.54, 1.807) is 0 Å². The third kappa shape index (κ3) is 6.82. The number of aryl methyl sites for hydroxylation is 3. The maximum absolute atomic E-state index is 6.79. The van der Waals surface area contributed by atoms with Gasteiger partial charge in [-0.15, -0.1) is 0 Å². The van der Waals surface area contributed by atoms with Crippen molar-refractivity contribution in [2.45, 2.75) is 80.6 Å². The Morgan fingerprint density at radius 1 is 0.720 bits per heavy atom. The van der Waals surface area contributed by atoms with Crippen molar-refractivity contribution in [1.82, 2.24) is 19.3 Å². The molecule has 0 saturated carbocycles. The molecule has 50 heavy (non-hydrogen) atoms. The van der Waals surface area contributed by atoms with Gasteiger partial charge in [-0.3, -0.25) is 4.57 Å². The lowest BCUT2D eigenvalue weighted by Gasteiger charge is -2.20. The molecule has 5 nitrogen and oxygen atoms in total. The molecule has 0 radical (unpaired) electrons. The van der Waals surface area contributed by atoms with Crippen molar-refractivity contribution in [3.63, 3.8) is 0 Å². The first-order valence-corrected chi connectivity index (χ1v) is 18.0. The van der Waals surface area contributed by atoms with Crippen molar-refractivity contribution >= 4 is 21.8 Å². The Kier molecular flexibility index (Phi) is 9.09. The minimum atomic E-state index is 0.107. The minimum absolute atomic E-state index is 0.107. The summed E-state index contributed by atoms with van der Waals surface area (Å²) in [4.78, 5) is 4.82. The summed E-state index contributed by atoms with van der Waals surface area (Å²) in [5, 5.41) is 7.49. The van der Waals surface area contributed by atoms with Crippen LogP contribution >= 0.6 is 0 Å². The molecule has 0 unspecified atom stereocenters. The number of aromatic nitrogens is 4. The van der Waals surface area contributed by atoms with Gasteiger partial charge in [-0.1, -0.05) is 76.9 Å². The van der Waals surface area contributed by atoms with Gasteiger partial charge in [0.2, 0.25) is 0 Å². The Bertz CT molecular complexity index is 2300. The largest absolute Gasteiger partial charge is 0.457 e. The highest BCUT2D eigenvalue weighted by Crippen LogP contribution is 2.37. The lowest BCUT2D eigenvalue weighted by Crippen LogP contribution is -2.10. The predicted octanol–water partition coefficient (Wildman–Crippen LogP) is 12.1. The van der Waals surface area contributed by atoms with Crippen molar-refractivity contribution < 1.29 is 4.74 Å². The highest BCUT2D eigenvalue weighted by Gasteiger charge is 2.19. The molecule has 0 N–H and O–H groups in total. The van der Waals surface area contributed by atoms with Gasteiger partial charge >= 0.3 is 0 Å². The fraction of sp³-hybridized carbons (Fsp3) is 0.289. The van der Waals surface area contributed by atoms with Gasteiger partial charge in [0.15, 0.2) is 0 Å². The fourth-order valence-electron chi connectivity index (χ4n) is 7.33. The van der Waals surface area contributed by atoms with Gasteiger partial charge in [0.25, 0.3) is 0 Å². The van der Waals surface area contributed by atoms with E-state index in [1.807, 2.05) is 12.3 Å². The Labute approximate surface area is 296 Å². The van der Waals surface area contributed by atoms with Crippen LogP contribution in [0.25, 0.3) is 44.4 Å². The van der Waals surface area contributed by atoms with E-state index in [0.717, 1.165) is 58.3 Å². The van der Waals surface area contributed by atoms with E-state index in [-0.39, 0.29) is 5.41 Å². The normalized spacial score (nSPS) is 11.9. The zero-order valence-electron chi connectivity index (χ0n) is 30.5. The summed E-state index contributed by atoms with van der Waals surface area (Å²) in [7, 11) is 0. The number of hydrogen-bond donors (Lipinski definition) is 0. The molecule has 0 atom stereocenters. The van der Waals surface area contributed by atoms with E-state index in [2.05, 4.69) is 149 Å². The Balaban J connectivity index is 1.33. The maximum atomic E-state index is 6.79. The Hall–Kier alpha value is -5.16. The third-order valence-electron chi connectivity index (χ3n) is 9.52. The second-order valence-corrected chi connectivity index (χ2v) is 15.0. The number of pyridine rings is 1. The molecule has 0 amide bonds. The fourth-order valence-corrected chi connectivity index (χ4v) is 7.33. The average Bonchev–Trinajstić information content (AvgIpc) is 3.56. The van der Waals surface area contributed by atoms with E-state index < -0.39 is 0 Å². The van der Waals surface area contributed by atoms with Gasteiger partial charge in [-0.2, -0.15) is 5.10 Å². The molecular formula is C45H48N4O. The summed E-state index contributed by atoms with van der Waals surface area (Å²) >= 11 is 0. The molecule has 0 aliphatic rings. The summed E-state index contributed by atoms with van der Waals surface area (Å²) < 4.78 is 11.1. The highest BCUT2D eigenvalue weighted by molar-refractivity contribution is 6.09. The molecule has 0 aliphatic carbocycles. The van der Waals surface area contributed by atoms with Crippen LogP contribution < -0.4 is 4.74 Å². The van der Waals surface area contributed by atoms with Crippen LogP contribution in [-0.2, 0) is 12.8 Å². The zero-order valence-corrected chi connectivity index (χ0v) is 30.5. The van der Waals surface area contributed by atoms with Gasteiger partial charge in [0.05, 0.1) is 22.4 Å². The third-order valence-corrected chi connectivity index (χ3v) is 9.52. The number of ether oxygens (including phenoxy) is 1. The molecule has 5 heteroatoms. The molecule has 0 spiro atoms. The van der Waals surface area contributed by atoms with Gasteiger partial charge < -0.3 is 4.74 Å². The molecule has 0 bridgehead atoms. The first-order chi connectivity index (χ1) is 24.1. The molecule has 3 aromatic heterocycles. The zero-order chi connectivity index (χ0) is 35.0. The van der Waals surface area contributed by atoms with E-state index >= 15 is 0 Å². The number of rotatable bonds is 10. The van der Waals surface area contributed by atoms with Crippen LogP contribution in [0.5, 0.6) is 11.5 Å². The van der Waals surface area contributed by atoms with Gasteiger partial charge in [-0.25, -0.2) is 9.67 Å². The van der Waals surface area contributed by atoms with Crippen molar-refractivity contribution in [1.29, 1.82) is 0 Å². The quantitative estimate of drug-likeness (QED) is 0.137. The minimum Gasteiger partial charge on any atom is -0.457 e. The first-order valence-electron chi connectivity index (χ1n) is 18.0. The SMILES string of the molecule is CCCCCc1ccc2c(c1)c1ccc(Oc3cc(CC(C)(C)C)cc(-n4nc(C)c(-c5ccccc5)c4C)c3)cc1n2-c1cc(C)ccn1. The summed E-state index contributed by atoms with van der Waals surface area (Å²) in [5.74, 6) is 2.49. The number of benzene rings is 4. The van der Waals surface area contributed by atoms with Gasteiger partial charge in [-0.05, 0) is 116 Å². The summed E-state index contributed by atoms with van der Waals surface area (Å²) in [6.45, 7) is 15.4. The lowest BCUT2D eigenvalue weighted by atomic mass is 9.88. The van der Waals surface area contributed by atoms with Crippen LogP contribution in [0.15, 0.2) is 103 Å². The molecule has 0 aliphatic heterocycles. The maximum Gasteiger partial charge on any atom is 0.137 e. The van der Waals surface area contributed by atoms with Crippen LogP contribution in [0, 0.1) is 26.2 Å². The first kappa shape index (κ1) is 33.3. The standard InChI is InChI=1S/C45H48N4O/c1-8-9-11-14-33-17-20-41-40(26-33)39-19-18-37(28-42(39)48(41)43-23-30(2)21-22-46-43)50-38-25-34(29-45(5,6)7)24-36(27-38)49-32(4)44(31(3)47-49)35-15-12-10-13-16-35/h10,12-13,15-28H,8-9,11,14,29H2,1-7H3. The van der Waals surface area contributed by atoms with Crippen molar-refractivity contribution in [2.75, 3.05) is 0 Å². The highest BCUT2D eigenvalue weighted by atomic mass is 16.5. The van der Waals surface area contributed by atoms with E-state index in [0.29, 0.717) is 0 Å². The second-order valence-electron chi connectivity index (χ2n) is 15.0. The second kappa shape index (κ2) is 13.6. The molecule has 7 rings (SSSR count). The lowest BCUT2D eigenvalue weighted by molar-refractivity contribution is 0.409. The van der Waals surface area contributed by atoms with Crippen LogP contribution in [0.1, 0.15) is 75.0 Å². The van der Waals surface area contributed by atoms with E-state index in [4.69, 9.17) is 14.8 Å². The van der Waals surface area contributed by atoms with Crippen molar-refractivity contribution in [3.8, 4) is 34.1 Å². The summed E-state index contributed by atoms with van der Waals surface area (Å²) in [6, 6.07) is 34.7. The predicted molar refractivity (Wildman–Crippen MR) is 208 cm³/mol. The van der Waals surface area contributed by atoms with Crippen LogP contribution in [-0.4, -0.2) is 19.3 Å².